The third-order valence-electron chi connectivity index (χ3n) is 3.52. The molecule has 110 valence electrons. The Bertz CT molecular complexity index is 560. The third-order valence-corrected chi connectivity index (χ3v) is 5.69. The van der Waals surface area contributed by atoms with E-state index in [1.165, 1.54) is 4.31 Å². The van der Waals surface area contributed by atoms with Gasteiger partial charge in [-0.15, -0.1) is 0 Å². The van der Waals surface area contributed by atoms with Crippen LogP contribution in [0.1, 0.15) is 18.5 Å². The Hall–Kier alpha value is -1.05. The van der Waals surface area contributed by atoms with Crippen LogP contribution in [0.25, 0.3) is 0 Å². The molecule has 1 atom stereocenters. The van der Waals surface area contributed by atoms with Crippen molar-refractivity contribution in [2.75, 3.05) is 18.8 Å². The van der Waals surface area contributed by atoms with Gasteiger partial charge in [-0.05, 0) is 25.0 Å². The van der Waals surface area contributed by atoms with Crippen LogP contribution in [0.4, 0.5) is 0 Å². The van der Waals surface area contributed by atoms with Gasteiger partial charge in [0.05, 0.1) is 10.7 Å². The van der Waals surface area contributed by atoms with Crippen molar-refractivity contribution < 1.29 is 8.42 Å². The molecule has 1 fully saturated rings. The number of nitrogens with zero attached hydrogens (tertiary/aromatic N) is 2. The van der Waals surface area contributed by atoms with Gasteiger partial charge in [0.15, 0.2) is 0 Å². The lowest BCUT2D eigenvalue weighted by molar-refractivity contribution is 0.312. The number of rotatable bonds is 5. The second-order valence-corrected chi connectivity index (χ2v) is 7.55. The predicted molar refractivity (Wildman–Crippen MR) is 82.8 cm³/mol. The molecule has 20 heavy (non-hydrogen) atoms. The van der Waals surface area contributed by atoms with Crippen molar-refractivity contribution in [3.63, 3.8) is 0 Å². The second-order valence-electron chi connectivity index (χ2n) is 4.99. The summed E-state index contributed by atoms with van der Waals surface area (Å²) in [4.78, 5) is 4.56. The molecule has 0 spiro atoms. The number of sulfonamides is 1. The molecule has 0 aliphatic carbocycles. The van der Waals surface area contributed by atoms with Gasteiger partial charge in [0, 0.05) is 37.3 Å². The van der Waals surface area contributed by atoms with Gasteiger partial charge in [0.1, 0.15) is 0 Å². The van der Waals surface area contributed by atoms with Crippen molar-refractivity contribution in [2.45, 2.75) is 19.3 Å². The van der Waals surface area contributed by atoms with Crippen LogP contribution in [0.2, 0.25) is 0 Å². The highest BCUT2D eigenvalue weighted by atomic mass is 32.2. The van der Waals surface area contributed by atoms with Gasteiger partial charge in [-0.2, -0.15) is 0 Å². The third kappa shape index (κ3) is 3.97. The number of hydrogen-bond acceptors (Lipinski definition) is 4. The summed E-state index contributed by atoms with van der Waals surface area (Å²) in [5.74, 6) is 0.0806. The molecule has 1 aliphatic heterocycles. The van der Waals surface area contributed by atoms with Gasteiger partial charge in [0.25, 0.3) is 0 Å². The fraction of sp³-hybridized carbons (Fsp3) is 0.538. The Kier molecular flexibility index (Phi) is 5.06. The fourth-order valence-electron chi connectivity index (χ4n) is 2.34. The first kappa shape index (κ1) is 15.3. The summed E-state index contributed by atoms with van der Waals surface area (Å²) in [6, 6.07) is 5.51. The molecule has 0 bridgehead atoms. The molecule has 0 radical (unpaired) electrons. The summed E-state index contributed by atoms with van der Waals surface area (Å²) in [5, 5.41) is 0. The standard InChI is InChI=1S/C13H19N3O2S2/c14-13(19)11-4-3-8-16(10-11)20(17,18)9-6-12-5-1-2-7-15-12/h1-2,5,7,11H,3-4,6,8-10H2,(H2,14,19). The fourth-order valence-corrected chi connectivity index (χ4v) is 4.07. The lowest BCUT2D eigenvalue weighted by Crippen LogP contribution is -2.44. The highest BCUT2D eigenvalue weighted by molar-refractivity contribution is 7.89. The Balaban J connectivity index is 1.97. The highest BCUT2D eigenvalue weighted by Crippen LogP contribution is 2.20. The van der Waals surface area contributed by atoms with E-state index in [-0.39, 0.29) is 11.7 Å². The van der Waals surface area contributed by atoms with Gasteiger partial charge in [0.2, 0.25) is 10.0 Å². The Labute approximate surface area is 125 Å². The molecule has 1 unspecified atom stereocenters. The Morgan fingerprint density at radius 3 is 2.95 bits per heavy atom. The number of hydrogen-bond donors (Lipinski definition) is 1. The van der Waals surface area contributed by atoms with Gasteiger partial charge in [-0.1, -0.05) is 18.3 Å². The smallest absolute Gasteiger partial charge is 0.214 e. The van der Waals surface area contributed by atoms with Crippen molar-refractivity contribution in [1.82, 2.24) is 9.29 Å². The minimum absolute atomic E-state index is 0.00313. The predicted octanol–water partition coefficient (Wildman–Crippen LogP) is 0.952. The molecule has 0 saturated carbocycles. The molecule has 0 aromatic carbocycles. The molecular formula is C13H19N3O2S2. The van der Waals surface area contributed by atoms with Crippen molar-refractivity contribution >= 4 is 27.2 Å². The van der Waals surface area contributed by atoms with E-state index in [2.05, 4.69) is 4.98 Å². The molecule has 1 aromatic rings. The van der Waals surface area contributed by atoms with Crippen LogP contribution in [0.5, 0.6) is 0 Å². The molecule has 5 nitrogen and oxygen atoms in total. The van der Waals surface area contributed by atoms with Crippen LogP contribution in [-0.4, -0.2) is 41.5 Å². The van der Waals surface area contributed by atoms with Crippen LogP contribution < -0.4 is 5.73 Å². The van der Waals surface area contributed by atoms with E-state index in [0.29, 0.717) is 24.5 Å². The summed E-state index contributed by atoms with van der Waals surface area (Å²) in [6.07, 6.45) is 3.79. The minimum Gasteiger partial charge on any atom is -0.393 e. The van der Waals surface area contributed by atoms with Crippen molar-refractivity contribution in [3.8, 4) is 0 Å². The summed E-state index contributed by atoms with van der Waals surface area (Å²) in [6.45, 7) is 0.976. The SMILES string of the molecule is NC(=S)C1CCCN(S(=O)(=O)CCc2ccccn2)C1. The van der Waals surface area contributed by atoms with E-state index >= 15 is 0 Å². The number of aryl methyl sites for hydroxylation is 1. The zero-order valence-electron chi connectivity index (χ0n) is 11.2. The lowest BCUT2D eigenvalue weighted by atomic mass is 10.0. The average molecular weight is 313 g/mol. The van der Waals surface area contributed by atoms with Crippen molar-refractivity contribution in [2.24, 2.45) is 11.7 Å². The summed E-state index contributed by atoms with van der Waals surface area (Å²) in [5.41, 5.74) is 6.43. The minimum atomic E-state index is -3.27. The number of thiocarbonyl (C=S) groups is 1. The summed E-state index contributed by atoms with van der Waals surface area (Å²) < 4.78 is 26.2. The molecule has 2 N–H and O–H groups in total. The summed E-state index contributed by atoms with van der Waals surface area (Å²) >= 11 is 4.98. The Morgan fingerprint density at radius 2 is 2.30 bits per heavy atom. The zero-order chi connectivity index (χ0) is 14.6. The number of piperidine rings is 1. The van der Waals surface area contributed by atoms with Gasteiger partial charge >= 0.3 is 0 Å². The molecule has 2 rings (SSSR count). The van der Waals surface area contributed by atoms with Gasteiger partial charge < -0.3 is 5.73 Å². The molecule has 1 aromatic heterocycles. The number of aromatic nitrogens is 1. The molecule has 2 heterocycles. The van der Waals surface area contributed by atoms with E-state index in [1.807, 2.05) is 18.2 Å². The van der Waals surface area contributed by atoms with Crippen LogP contribution in [0, 0.1) is 5.92 Å². The average Bonchev–Trinajstić information content (AvgIpc) is 2.46. The maximum Gasteiger partial charge on any atom is 0.214 e. The molecule has 1 aliphatic rings. The van der Waals surface area contributed by atoms with E-state index < -0.39 is 10.0 Å². The lowest BCUT2D eigenvalue weighted by Gasteiger charge is -2.31. The van der Waals surface area contributed by atoms with Crippen LogP contribution in [0.15, 0.2) is 24.4 Å². The monoisotopic (exact) mass is 313 g/mol. The largest absolute Gasteiger partial charge is 0.393 e. The van der Waals surface area contributed by atoms with Crippen LogP contribution in [-0.2, 0) is 16.4 Å². The van der Waals surface area contributed by atoms with Gasteiger partial charge in [-0.3, -0.25) is 4.98 Å². The molecule has 7 heteroatoms. The van der Waals surface area contributed by atoms with E-state index in [9.17, 15) is 8.42 Å². The van der Waals surface area contributed by atoms with Crippen molar-refractivity contribution in [1.29, 1.82) is 0 Å². The summed E-state index contributed by atoms with van der Waals surface area (Å²) in [7, 11) is -3.27. The van der Waals surface area contributed by atoms with Crippen LogP contribution in [0.3, 0.4) is 0 Å². The van der Waals surface area contributed by atoms with Crippen LogP contribution >= 0.6 is 12.2 Å². The van der Waals surface area contributed by atoms with E-state index in [4.69, 9.17) is 18.0 Å². The zero-order valence-corrected chi connectivity index (χ0v) is 12.9. The van der Waals surface area contributed by atoms with E-state index in [0.717, 1.165) is 18.5 Å². The first-order chi connectivity index (χ1) is 9.49. The topological polar surface area (TPSA) is 76.3 Å². The van der Waals surface area contributed by atoms with E-state index in [1.54, 1.807) is 6.20 Å². The molecule has 0 amide bonds. The van der Waals surface area contributed by atoms with Gasteiger partial charge in [-0.25, -0.2) is 12.7 Å². The number of nitrogens with two attached hydrogens (primary N) is 1. The Morgan fingerprint density at radius 1 is 1.50 bits per heavy atom. The normalized spacial score (nSPS) is 20.7. The maximum absolute atomic E-state index is 12.3. The number of pyridine rings is 1. The molecule has 1 saturated heterocycles. The maximum atomic E-state index is 12.3. The first-order valence-corrected chi connectivity index (χ1v) is 8.68. The molecular weight excluding hydrogens is 294 g/mol. The first-order valence-electron chi connectivity index (χ1n) is 6.66. The quantitative estimate of drug-likeness (QED) is 0.819. The second kappa shape index (κ2) is 6.60. The highest BCUT2D eigenvalue weighted by Gasteiger charge is 2.29. The van der Waals surface area contributed by atoms with Crippen molar-refractivity contribution in [3.05, 3.63) is 30.1 Å².